The van der Waals surface area contributed by atoms with E-state index in [0.717, 1.165) is 18.2 Å². The van der Waals surface area contributed by atoms with Crippen LogP contribution < -0.4 is 5.32 Å². The second-order valence-electron chi connectivity index (χ2n) is 5.44. The lowest BCUT2D eigenvalue weighted by atomic mass is 10.3. The van der Waals surface area contributed by atoms with E-state index in [9.17, 15) is 18.7 Å². The molecular formula is C15H22F2N2O3. The van der Waals surface area contributed by atoms with Crippen molar-refractivity contribution in [1.82, 2.24) is 4.90 Å². The van der Waals surface area contributed by atoms with Crippen molar-refractivity contribution in [3.63, 3.8) is 0 Å². The van der Waals surface area contributed by atoms with E-state index in [1.807, 2.05) is 13.8 Å². The molecule has 0 saturated heterocycles. The van der Waals surface area contributed by atoms with Crippen molar-refractivity contribution in [2.45, 2.75) is 26.1 Å². The van der Waals surface area contributed by atoms with Crippen LogP contribution >= 0.6 is 0 Å². The quantitative estimate of drug-likeness (QED) is 0.765. The molecule has 0 aliphatic rings. The van der Waals surface area contributed by atoms with Gasteiger partial charge in [0.05, 0.1) is 25.4 Å². The summed E-state index contributed by atoms with van der Waals surface area (Å²) >= 11 is 0. The van der Waals surface area contributed by atoms with Gasteiger partial charge in [0, 0.05) is 18.3 Å². The summed E-state index contributed by atoms with van der Waals surface area (Å²) in [5, 5.41) is 12.2. The molecule has 2 N–H and O–H groups in total. The number of hydrogen-bond acceptors (Lipinski definition) is 4. The number of carbonyl (C=O) groups excluding carboxylic acids is 1. The van der Waals surface area contributed by atoms with Crippen LogP contribution in [0.1, 0.15) is 13.8 Å². The van der Waals surface area contributed by atoms with Crippen molar-refractivity contribution >= 4 is 11.6 Å². The van der Waals surface area contributed by atoms with Gasteiger partial charge in [-0.1, -0.05) is 0 Å². The predicted molar refractivity (Wildman–Crippen MR) is 79.6 cm³/mol. The monoisotopic (exact) mass is 316 g/mol. The molecule has 0 spiro atoms. The number of nitrogens with one attached hydrogen (secondary N) is 1. The van der Waals surface area contributed by atoms with Gasteiger partial charge in [-0.25, -0.2) is 8.78 Å². The lowest BCUT2D eigenvalue weighted by molar-refractivity contribution is -0.117. The van der Waals surface area contributed by atoms with Crippen LogP contribution in [0, 0.1) is 11.6 Å². The molecule has 124 valence electrons. The topological polar surface area (TPSA) is 61.8 Å². The van der Waals surface area contributed by atoms with Crippen LogP contribution in [0.3, 0.4) is 0 Å². The predicted octanol–water partition coefficient (Wildman–Crippen LogP) is 1.62. The maximum atomic E-state index is 13.0. The molecule has 0 saturated carbocycles. The van der Waals surface area contributed by atoms with Crippen LogP contribution in [0.15, 0.2) is 18.2 Å². The maximum Gasteiger partial charge on any atom is 0.238 e. The van der Waals surface area contributed by atoms with Gasteiger partial charge in [0.25, 0.3) is 0 Å². The first kappa shape index (κ1) is 18.5. The van der Waals surface area contributed by atoms with Crippen molar-refractivity contribution in [3.8, 4) is 0 Å². The lowest BCUT2D eigenvalue weighted by Gasteiger charge is -2.20. The van der Waals surface area contributed by atoms with E-state index in [1.165, 1.54) is 0 Å². The minimum absolute atomic E-state index is 0.0170. The highest BCUT2D eigenvalue weighted by Crippen LogP contribution is 2.12. The average Bonchev–Trinajstić information content (AvgIpc) is 2.34. The van der Waals surface area contributed by atoms with Crippen molar-refractivity contribution in [1.29, 1.82) is 0 Å². The first-order chi connectivity index (χ1) is 10.3. The Morgan fingerprint density at radius 3 is 2.45 bits per heavy atom. The summed E-state index contributed by atoms with van der Waals surface area (Å²) in [6.45, 7) is 4.14. The molecule has 0 fully saturated rings. The van der Waals surface area contributed by atoms with Crippen LogP contribution in [-0.4, -0.2) is 54.9 Å². The van der Waals surface area contributed by atoms with E-state index in [1.54, 1.807) is 11.9 Å². The van der Waals surface area contributed by atoms with Crippen LogP contribution in [0.2, 0.25) is 0 Å². The van der Waals surface area contributed by atoms with Gasteiger partial charge >= 0.3 is 0 Å². The second-order valence-corrected chi connectivity index (χ2v) is 5.44. The van der Waals surface area contributed by atoms with Crippen LogP contribution in [0.5, 0.6) is 0 Å². The minimum atomic E-state index is -0.759. The Morgan fingerprint density at radius 1 is 1.32 bits per heavy atom. The van der Waals surface area contributed by atoms with Gasteiger partial charge < -0.3 is 15.2 Å². The largest absolute Gasteiger partial charge is 0.389 e. The van der Waals surface area contributed by atoms with Gasteiger partial charge in [-0.2, -0.15) is 0 Å². The summed E-state index contributed by atoms with van der Waals surface area (Å²) in [7, 11) is 1.66. The summed E-state index contributed by atoms with van der Waals surface area (Å²) < 4.78 is 31.3. The second kappa shape index (κ2) is 8.77. The Morgan fingerprint density at radius 2 is 1.91 bits per heavy atom. The van der Waals surface area contributed by atoms with E-state index in [4.69, 9.17) is 4.74 Å². The minimum Gasteiger partial charge on any atom is -0.389 e. The standard InChI is InChI=1S/C15H22F2N2O3/c1-10(2)22-9-14(20)7-19(3)8-15(21)18-13-5-11(16)4-12(17)6-13/h4-6,10,14,20H,7-9H2,1-3H3,(H,18,21). The Labute approximate surface area is 128 Å². The molecule has 1 aromatic rings. The number of aliphatic hydroxyl groups excluding tert-OH is 1. The molecule has 7 heteroatoms. The number of nitrogens with zero attached hydrogens (tertiary/aromatic N) is 1. The molecule has 1 aromatic carbocycles. The number of rotatable bonds is 8. The number of carbonyl (C=O) groups is 1. The molecule has 0 heterocycles. The van der Waals surface area contributed by atoms with Crippen LogP contribution in [0.25, 0.3) is 0 Å². The summed E-state index contributed by atoms with van der Waals surface area (Å²) in [6.07, 6.45) is -0.696. The van der Waals surface area contributed by atoms with Gasteiger partial charge in [0.1, 0.15) is 11.6 Å². The highest BCUT2D eigenvalue weighted by Gasteiger charge is 2.13. The van der Waals surface area contributed by atoms with Crippen LogP contribution in [0.4, 0.5) is 14.5 Å². The molecule has 0 aliphatic carbocycles. The molecule has 1 atom stereocenters. The fraction of sp³-hybridized carbons (Fsp3) is 0.533. The third kappa shape index (κ3) is 7.44. The fourth-order valence-corrected chi connectivity index (χ4v) is 1.85. The Bertz CT molecular complexity index is 477. The molecule has 1 unspecified atom stereocenters. The van der Waals surface area contributed by atoms with Crippen molar-refractivity contribution < 1.29 is 23.4 Å². The van der Waals surface area contributed by atoms with Crippen molar-refractivity contribution in [2.75, 3.05) is 32.1 Å². The number of benzene rings is 1. The molecule has 0 aromatic heterocycles. The molecule has 5 nitrogen and oxygen atoms in total. The summed E-state index contributed by atoms with van der Waals surface area (Å²) in [5.74, 6) is -1.95. The Hall–Kier alpha value is -1.57. The first-order valence-corrected chi connectivity index (χ1v) is 7.00. The third-order valence-electron chi connectivity index (χ3n) is 2.70. The average molecular weight is 316 g/mol. The highest BCUT2D eigenvalue weighted by atomic mass is 19.1. The highest BCUT2D eigenvalue weighted by molar-refractivity contribution is 5.92. The Balaban J connectivity index is 2.40. The van der Waals surface area contributed by atoms with Crippen molar-refractivity contribution in [2.24, 2.45) is 0 Å². The smallest absolute Gasteiger partial charge is 0.238 e. The van der Waals surface area contributed by atoms with E-state index in [-0.39, 0.29) is 31.5 Å². The molecule has 1 rings (SSSR count). The normalized spacial score (nSPS) is 12.7. The zero-order valence-corrected chi connectivity index (χ0v) is 13.0. The number of ether oxygens (including phenoxy) is 1. The number of aliphatic hydroxyl groups is 1. The lowest BCUT2D eigenvalue weighted by Crippen LogP contribution is -2.37. The number of amides is 1. The SMILES string of the molecule is CC(C)OCC(O)CN(C)CC(=O)Nc1cc(F)cc(F)c1. The van der Waals surface area contributed by atoms with E-state index < -0.39 is 23.6 Å². The molecule has 0 aliphatic heterocycles. The fourth-order valence-electron chi connectivity index (χ4n) is 1.85. The van der Waals surface area contributed by atoms with Crippen molar-refractivity contribution in [3.05, 3.63) is 29.8 Å². The molecular weight excluding hydrogens is 294 g/mol. The molecule has 1 amide bonds. The van der Waals surface area contributed by atoms with E-state index in [0.29, 0.717) is 0 Å². The zero-order chi connectivity index (χ0) is 16.7. The maximum absolute atomic E-state index is 13.0. The molecule has 22 heavy (non-hydrogen) atoms. The van der Waals surface area contributed by atoms with Crippen LogP contribution in [-0.2, 0) is 9.53 Å². The third-order valence-corrected chi connectivity index (χ3v) is 2.70. The summed E-state index contributed by atoms with van der Waals surface area (Å²) in [4.78, 5) is 13.4. The van der Waals surface area contributed by atoms with E-state index in [2.05, 4.69) is 5.32 Å². The van der Waals surface area contributed by atoms with E-state index >= 15 is 0 Å². The number of hydrogen-bond donors (Lipinski definition) is 2. The molecule has 0 radical (unpaired) electrons. The number of anilines is 1. The van der Waals surface area contributed by atoms with Gasteiger partial charge in [-0.15, -0.1) is 0 Å². The summed E-state index contributed by atoms with van der Waals surface area (Å²) in [5.41, 5.74) is 0.0552. The number of halogens is 2. The van der Waals surface area contributed by atoms with Gasteiger partial charge in [0.2, 0.25) is 5.91 Å². The summed E-state index contributed by atoms with van der Waals surface area (Å²) in [6, 6.07) is 2.80. The number of likely N-dealkylation sites (N-methyl/N-ethyl adjacent to an activating group) is 1. The van der Waals surface area contributed by atoms with Gasteiger partial charge in [-0.3, -0.25) is 9.69 Å². The van der Waals surface area contributed by atoms with Gasteiger partial charge in [0.15, 0.2) is 0 Å². The zero-order valence-electron chi connectivity index (χ0n) is 13.0. The molecule has 0 bridgehead atoms. The van der Waals surface area contributed by atoms with Gasteiger partial charge in [-0.05, 0) is 33.0 Å². The Kier molecular flexibility index (Phi) is 7.37. The first-order valence-electron chi connectivity index (χ1n) is 7.00.